The minimum Gasteiger partial charge on any atom is -0.351 e. The molecule has 2 nitrogen and oxygen atoms in total. The van der Waals surface area contributed by atoms with Crippen molar-refractivity contribution in [1.82, 2.24) is 9.97 Å². The molecule has 0 saturated heterocycles. The van der Waals surface area contributed by atoms with Gasteiger partial charge in [0.05, 0.1) is 6.33 Å². The van der Waals surface area contributed by atoms with E-state index in [1.54, 1.807) is 18.7 Å². The maximum Gasteiger partial charge on any atom is 0.0919 e. The van der Waals surface area contributed by atoms with Gasteiger partial charge in [0.15, 0.2) is 0 Å². The summed E-state index contributed by atoms with van der Waals surface area (Å²) in [6.07, 6.45) is 5.08. The molecular weight excluding hydrogens is 91.0 g/mol. The number of nitrogens with one attached hydrogen (secondary N) is 1. The molecule has 1 heterocycles. The third-order valence-electron chi connectivity index (χ3n) is 0.406. The summed E-state index contributed by atoms with van der Waals surface area (Å²) in [4.78, 5) is 6.42. The largest absolute Gasteiger partial charge is 0.351 e. The van der Waals surface area contributed by atoms with Gasteiger partial charge in [0.2, 0.25) is 0 Å². The summed E-state index contributed by atoms with van der Waals surface area (Å²) < 4.78 is 0. The van der Waals surface area contributed by atoms with E-state index >= 15 is 0 Å². The summed E-state index contributed by atoms with van der Waals surface area (Å²) in [7, 11) is 0. The van der Waals surface area contributed by atoms with Crippen molar-refractivity contribution in [2.24, 2.45) is 0 Å². The lowest BCUT2D eigenvalue weighted by atomic mass is 11.0. The molecule has 3 heteroatoms. The summed E-state index contributed by atoms with van der Waals surface area (Å²) in [6.45, 7) is 0. The molecule has 0 spiro atoms. The van der Waals surface area contributed by atoms with E-state index < -0.39 is 0 Å². The van der Waals surface area contributed by atoms with E-state index in [2.05, 4.69) is 9.97 Å². The third kappa shape index (κ3) is 1.25. The normalized spacial score (nSPS) is 6.67. The van der Waals surface area contributed by atoms with Crippen molar-refractivity contribution in [3.05, 3.63) is 18.7 Å². The second-order valence-corrected chi connectivity index (χ2v) is 0.761. The lowest BCUT2D eigenvalue weighted by Gasteiger charge is -1.46. The predicted octanol–water partition coefficient (Wildman–Crippen LogP) is 0.0289. The first-order valence-corrected chi connectivity index (χ1v) is 1.43. The molecule has 29 valence electrons. The maximum absolute atomic E-state index is 3.67. The van der Waals surface area contributed by atoms with E-state index in [1.165, 1.54) is 0 Å². The van der Waals surface area contributed by atoms with E-state index in [4.69, 9.17) is 0 Å². The SMILES string of the molecule is [Al].c1c[nH]cn1. The molecule has 3 radical (unpaired) electrons. The monoisotopic (exact) mass is 95.0 g/mol. The molecule has 1 N–H and O–H groups in total. The van der Waals surface area contributed by atoms with E-state index in [0.29, 0.717) is 0 Å². The Labute approximate surface area is 46.7 Å². The number of aromatic amines is 1. The summed E-state index contributed by atoms with van der Waals surface area (Å²) >= 11 is 0. The second-order valence-electron chi connectivity index (χ2n) is 0.761. The summed E-state index contributed by atoms with van der Waals surface area (Å²) in [6, 6.07) is 0. The molecular formula is C3H4AlN2. The van der Waals surface area contributed by atoms with Crippen LogP contribution in [0, 0.1) is 0 Å². The van der Waals surface area contributed by atoms with Crippen molar-refractivity contribution in [3.63, 3.8) is 0 Å². The van der Waals surface area contributed by atoms with Crippen molar-refractivity contribution >= 4 is 17.4 Å². The van der Waals surface area contributed by atoms with Crippen LogP contribution in [-0.4, -0.2) is 27.3 Å². The summed E-state index contributed by atoms with van der Waals surface area (Å²) in [5.41, 5.74) is 0. The van der Waals surface area contributed by atoms with Gasteiger partial charge in [0.25, 0.3) is 0 Å². The van der Waals surface area contributed by atoms with E-state index in [-0.39, 0.29) is 17.4 Å². The van der Waals surface area contributed by atoms with Crippen LogP contribution in [0.15, 0.2) is 18.7 Å². The first kappa shape index (κ1) is 5.74. The number of rotatable bonds is 0. The highest BCUT2D eigenvalue weighted by atomic mass is 27.0. The fourth-order valence-corrected chi connectivity index (χ4v) is 0.215. The standard InChI is InChI=1S/C3H4N2.Al/c1-2-5-3-4-1;/h1-3H,(H,4,5);. The van der Waals surface area contributed by atoms with Crippen LogP contribution in [0.2, 0.25) is 0 Å². The lowest BCUT2D eigenvalue weighted by Crippen LogP contribution is -1.44. The Bertz CT molecular complexity index is 65.3. The minimum atomic E-state index is 0. The highest BCUT2D eigenvalue weighted by molar-refractivity contribution is 5.75. The van der Waals surface area contributed by atoms with Gasteiger partial charge in [-0.1, -0.05) is 0 Å². The molecule has 0 atom stereocenters. The van der Waals surface area contributed by atoms with Crippen LogP contribution in [-0.2, 0) is 0 Å². The first-order chi connectivity index (χ1) is 2.50. The van der Waals surface area contributed by atoms with Crippen molar-refractivity contribution in [2.45, 2.75) is 0 Å². The van der Waals surface area contributed by atoms with Crippen LogP contribution < -0.4 is 0 Å². The van der Waals surface area contributed by atoms with Crippen molar-refractivity contribution < 1.29 is 0 Å². The van der Waals surface area contributed by atoms with Gasteiger partial charge in [-0.15, -0.1) is 0 Å². The zero-order valence-electron chi connectivity index (χ0n) is 3.26. The molecule has 0 aliphatic carbocycles. The first-order valence-electron chi connectivity index (χ1n) is 1.43. The van der Waals surface area contributed by atoms with Crippen LogP contribution in [0.3, 0.4) is 0 Å². The molecule has 1 aromatic heterocycles. The number of hydrogen-bond donors (Lipinski definition) is 1. The molecule has 1 rings (SSSR count). The van der Waals surface area contributed by atoms with Gasteiger partial charge in [0, 0.05) is 29.8 Å². The van der Waals surface area contributed by atoms with E-state index in [9.17, 15) is 0 Å². The van der Waals surface area contributed by atoms with Crippen LogP contribution in [0.4, 0.5) is 0 Å². The fraction of sp³-hybridized carbons (Fsp3) is 0. The Kier molecular flexibility index (Phi) is 2.83. The number of nitrogens with zero attached hydrogens (tertiary/aromatic N) is 1. The number of H-pyrrole nitrogens is 1. The Morgan fingerprint density at radius 3 is 2.50 bits per heavy atom. The van der Waals surface area contributed by atoms with Crippen LogP contribution in [0.25, 0.3) is 0 Å². The number of aromatic nitrogens is 2. The Morgan fingerprint density at radius 1 is 1.50 bits per heavy atom. The molecule has 1 aromatic rings. The van der Waals surface area contributed by atoms with Gasteiger partial charge in [0.1, 0.15) is 0 Å². The number of imidazole rings is 1. The Hall–Kier alpha value is -0.258. The minimum absolute atomic E-state index is 0. The summed E-state index contributed by atoms with van der Waals surface area (Å²) in [5.74, 6) is 0. The Morgan fingerprint density at radius 2 is 2.33 bits per heavy atom. The topological polar surface area (TPSA) is 28.7 Å². The molecule has 0 unspecified atom stereocenters. The number of hydrogen-bond acceptors (Lipinski definition) is 1. The van der Waals surface area contributed by atoms with Crippen LogP contribution in [0.5, 0.6) is 0 Å². The average molecular weight is 95.1 g/mol. The second kappa shape index (κ2) is 2.95. The molecule has 6 heavy (non-hydrogen) atoms. The van der Waals surface area contributed by atoms with Gasteiger partial charge < -0.3 is 4.98 Å². The maximum atomic E-state index is 3.67. The lowest BCUT2D eigenvalue weighted by molar-refractivity contribution is 1.31. The molecule has 0 aromatic carbocycles. The van der Waals surface area contributed by atoms with Crippen molar-refractivity contribution in [1.29, 1.82) is 0 Å². The molecule has 0 aliphatic rings. The molecule has 0 aliphatic heterocycles. The van der Waals surface area contributed by atoms with Crippen LogP contribution >= 0.6 is 0 Å². The summed E-state index contributed by atoms with van der Waals surface area (Å²) in [5, 5.41) is 0. The Balaban J connectivity index is 0.000000250. The van der Waals surface area contributed by atoms with Gasteiger partial charge in [-0.05, 0) is 0 Å². The van der Waals surface area contributed by atoms with Crippen molar-refractivity contribution in [2.75, 3.05) is 0 Å². The molecule has 0 fully saturated rings. The van der Waals surface area contributed by atoms with E-state index in [0.717, 1.165) is 0 Å². The van der Waals surface area contributed by atoms with Gasteiger partial charge in [-0.25, -0.2) is 4.98 Å². The van der Waals surface area contributed by atoms with Gasteiger partial charge >= 0.3 is 0 Å². The smallest absolute Gasteiger partial charge is 0.0919 e. The zero-order valence-corrected chi connectivity index (χ0v) is 4.41. The van der Waals surface area contributed by atoms with Crippen molar-refractivity contribution in [3.8, 4) is 0 Å². The van der Waals surface area contributed by atoms with Crippen LogP contribution in [0.1, 0.15) is 0 Å². The highest BCUT2D eigenvalue weighted by Crippen LogP contribution is 1.62. The quantitative estimate of drug-likeness (QED) is 0.452. The third-order valence-corrected chi connectivity index (χ3v) is 0.406. The molecule has 0 saturated carbocycles. The molecule has 0 bridgehead atoms. The predicted molar refractivity (Wildman–Crippen MR) is 24.3 cm³/mol. The average Bonchev–Trinajstić information content (AvgIpc) is 1.76. The van der Waals surface area contributed by atoms with E-state index in [1.807, 2.05) is 0 Å². The van der Waals surface area contributed by atoms with Gasteiger partial charge in [-0.3, -0.25) is 0 Å². The van der Waals surface area contributed by atoms with Gasteiger partial charge in [-0.2, -0.15) is 0 Å². The zero-order chi connectivity index (χ0) is 3.54. The highest BCUT2D eigenvalue weighted by Gasteiger charge is 1.56. The fourth-order valence-electron chi connectivity index (χ4n) is 0.215. The molecule has 0 amide bonds.